The molecule has 1 aromatic heterocycles. The van der Waals surface area contributed by atoms with Gasteiger partial charge in [-0.15, -0.1) is 0 Å². The minimum Gasteiger partial charge on any atom is -0.264 e. The molecule has 0 radical (unpaired) electrons. The predicted octanol–water partition coefficient (Wildman–Crippen LogP) is 2.51. The second-order valence-electron chi connectivity index (χ2n) is 3.63. The standard InChI is InChI=1S/C10H15FN2/c1-2-8-6-7-12-13(8)10-5-3-4-9(10)11/h6-7,9-10H,2-5H2,1H3. The van der Waals surface area contributed by atoms with E-state index < -0.39 is 6.17 Å². The maximum atomic E-state index is 13.4. The van der Waals surface area contributed by atoms with Gasteiger partial charge in [0.1, 0.15) is 6.17 Å². The summed E-state index contributed by atoms with van der Waals surface area (Å²) in [6.45, 7) is 2.08. The molecule has 1 saturated carbocycles. The third-order valence-electron chi connectivity index (χ3n) is 2.83. The minimum atomic E-state index is -0.690. The molecule has 0 N–H and O–H groups in total. The Balaban J connectivity index is 2.23. The van der Waals surface area contributed by atoms with Gasteiger partial charge in [0, 0.05) is 11.9 Å². The molecule has 1 heterocycles. The van der Waals surface area contributed by atoms with Crippen LogP contribution >= 0.6 is 0 Å². The van der Waals surface area contributed by atoms with Crippen LogP contribution in [0, 0.1) is 0 Å². The van der Waals surface area contributed by atoms with Crippen LogP contribution in [0.4, 0.5) is 4.39 Å². The number of aromatic nitrogens is 2. The van der Waals surface area contributed by atoms with Crippen LogP contribution < -0.4 is 0 Å². The van der Waals surface area contributed by atoms with E-state index >= 15 is 0 Å². The van der Waals surface area contributed by atoms with Crippen LogP contribution in [0.5, 0.6) is 0 Å². The number of hydrogen-bond donors (Lipinski definition) is 0. The Morgan fingerprint density at radius 2 is 2.46 bits per heavy atom. The second-order valence-corrected chi connectivity index (χ2v) is 3.63. The van der Waals surface area contributed by atoms with Crippen LogP contribution in [0.1, 0.15) is 37.9 Å². The molecule has 72 valence electrons. The van der Waals surface area contributed by atoms with E-state index in [1.54, 1.807) is 6.20 Å². The Morgan fingerprint density at radius 1 is 1.62 bits per heavy atom. The zero-order chi connectivity index (χ0) is 9.26. The molecule has 1 fully saturated rings. The Labute approximate surface area is 77.8 Å². The maximum Gasteiger partial charge on any atom is 0.122 e. The molecule has 1 aliphatic carbocycles. The van der Waals surface area contributed by atoms with Crippen molar-refractivity contribution in [2.45, 2.75) is 44.8 Å². The smallest absolute Gasteiger partial charge is 0.122 e. The molecule has 0 aliphatic heterocycles. The molecule has 1 aromatic rings. The van der Waals surface area contributed by atoms with E-state index in [0.29, 0.717) is 6.42 Å². The van der Waals surface area contributed by atoms with E-state index in [1.807, 2.05) is 10.7 Å². The van der Waals surface area contributed by atoms with Crippen molar-refractivity contribution in [1.82, 2.24) is 9.78 Å². The second kappa shape index (κ2) is 3.48. The maximum absolute atomic E-state index is 13.4. The van der Waals surface area contributed by atoms with Gasteiger partial charge in [-0.1, -0.05) is 6.92 Å². The lowest BCUT2D eigenvalue weighted by molar-refractivity contribution is 0.247. The number of hydrogen-bond acceptors (Lipinski definition) is 1. The number of nitrogens with zero attached hydrogens (tertiary/aromatic N) is 2. The van der Waals surface area contributed by atoms with Gasteiger partial charge in [0.25, 0.3) is 0 Å². The van der Waals surface area contributed by atoms with Crippen LogP contribution in [0.25, 0.3) is 0 Å². The summed E-state index contributed by atoms with van der Waals surface area (Å²) < 4.78 is 15.3. The van der Waals surface area contributed by atoms with Gasteiger partial charge >= 0.3 is 0 Å². The van der Waals surface area contributed by atoms with E-state index in [-0.39, 0.29) is 6.04 Å². The van der Waals surface area contributed by atoms with Crippen LogP contribution in [0.2, 0.25) is 0 Å². The van der Waals surface area contributed by atoms with E-state index in [2.05, 4.69) is 12.0 Å². The molecular formula is C10H15FN2. The van der Waals surface area contributed by atoms with Gasteiger partial charge in [-0.05, 0) is 31.7 Å². The lowest BCUT2D eigenvalue weighted by Gasteiger charge is -2.15. The fourth-order valence-corrected chi connectivity index (χ4v) is 2.09. The van der Waals surface area contributed by atoms with E-state index in [4.69, 9.17) is 0 Å². The Morgan fingerprint density at radius 3 is 3.08 bits per heavy atom. The molecule has 13 heavy (non-hydrogen) atoms. The highest BCUT2D eigenvalue weighted by molar-refractivity contribution is 5.03. The van der Waals surface area contributed by atoms with E-state index in [0.717, 1.165) is 25.0 Å². The summed E-state index contributed by atoms with van der Waals surface area (Å²) in [5.74, 6) is 0. The van der Waals surface area contributed by atoms with Crippen LogP contribution in [-0.2, 0) is 6.42 Å². The summed E-state index contributed by atoms with van der Waals surface area (Å²) >= 11 is 0. The Kier molecular flexibility index (Phi) is 2.34. The molecule has 2 unspecified atom stereocenters. The van der Waals surface area contributed by atoms with Crippen molar-refractivity contribution in [3.05, 3.63) is 18.0 Å². The third-order valence-corrected chi connectivity index (χ3v) is 2.83. The van der Waals surface area contributed by atoms with Gasteiger partial charge < -0.3 is 0 Å². The largest absolute Gasteiger partial charge is 0.264 e. The summed E-state index contributed by atoms with van der Waals surface area (Å²) in [7, 11) is 0. The lowest BCUT2D eigenvalue weighted by Crippen LogP contribution is -2.17. The van der Waals surface area contributed by atoms with Crippen LogP contribution in [-0.4, -0.2) is 16.0 Å². The van der Waals surface area contributed by atoms with Crippen molar-refractivity contribution >= 4 is 0 Å². The first kappa shape index (κ1) is 8.73. The van der Waals surface area contributed by atoms with Gasteiger partial charge in [-0.3, -0.25) is 4.68 Å². The number of aryl methyl sites for hydroxylation is 1. The Hall–Kier alpha value is -0.860. The average Bonchev–Trinajstić information content (AvgIpc) is 2.71. The zero-order valence-corrected chi connectivity index (χ0v) is 7.91. The fraction of sp³-hybridized carbons (Fsp3) is 0.700. The molecule has 0 saturated heterocycles. The van der Waals surface area contributed by atoms with Crippen molar-refractivity contribution in [3.8, 4) is 0 Å². The third kappa shape index (κ3) is 1.47. The first-order valence-corrected chi connectivity index (χ1v) is 4.99. The molecule has 1 aliphatic rings. The molecular weight excluding hydrogens is 167 g/mol. The van der Waals surface area contributed by atoms with Gasteiger partial charge in [0.15, 0.2) is 0 Å². The topological polar surface area (TPSA) is 17.8 Å². The highest BCUT2D eigenvalue weighted by Gasteiger charge is 2.29. The minimum absolute atomic E-state index is 0.00458. The fourth-order valence-electron chi connectivity index (χ4n) is 2.09. The van der Waals surface area contributed by atoms with Crippen molar-refractivity contribution in [3.63, 3.8) is 0 Å². The van der Waals surface area contributed by atoms with Crippen molar-refractivity contribution < 1.29 is 4.39 Å². The molecule has 2 nitrogen and oxygen atoms in total. The summed E-state index contributed by atoms with van der Waals surface area (Å²) in [5, 5.41) is 4.20. The number of halogens is 1. The summed E-state index contributed by atoms with van der Waals surface area (Å²) in [4.78, 5) is 0. The molecule has 2 rings (SSSR count). The molecule has 0 spiro atoms. The quantitative estimate of drug-likeness (QED) is 0.687. The average molecular weight is 182 g/mol. The zero-order valence-electron chi connectivity index (χ0n) is 7.91. The van der Waals surface area contributed by atoms with E-state index in [9.17, 15) is 4.39 Å². The molecule has 3 heteroatoms. The van der Waals surface area contributed by atoms with Gasteiger partial charge in [-0.25, -0.2) is 4.39 Å². The number of rotatable bonds is 2. The molecule has 2 atom stereocenters. The van der Waals surface area contributed by atoms with Crippen LogP contribution in [0.3, 0.4) is 0 Å². The van der Waals surface area contributed by atoms with Gasteiger partial charge in [0.05, 0.1) is 6.04 Å². The first-order valence-electron chi connectivity index (χ1n) is 4.99. The lowest BCUT2D eigenvalue weighted by atomic mass is 10.2. The highest BCUT2D eigenvalue weighted by atomic mass is 19.1. The first-order chi connectivity index (χ1) is 6.33. The normalized spacial score (nSPS) is 28.2. The van der Waals surface area contributed by atoms with E-state index in [1.165, 1.54) is 0 Å². The Bertz CT molecular complexity index is 282. The summed E-state index contributed by atoms with van der Waals surface area (Å²) in [6, 6.07) is 1.98. The van der Waals surface area contributed by atoms with Crippen molar-refractivity contribution in [2.75, 3.05) is 0 Å². The molecule has 0 amide bonds. The molecule has 0 aromatic carbocycles. The predicted molar refractivity (Wildman–Crippen MR) is 49.4 cm³/mol. The van der Waals surface area contributed by atoms with Gasteiger partial charge in [0.2, 0.25) is 0 Å². The number of alkyl halides is 1. The SMILES string of the molecule is CCc1ccnn1C1CCCC1F. The van der Waals surface area contributed by atoms with Crippen molar-refractivity contribution in [1.29, 1.82) is 0 Å². The van der Waals surface area contributed by atoms with Crippen molar-refractivity contribution in [2.24, 2.45) is 0 Å². The van der Waals surface area contributed by atoms with Crippen LogP contribution in [0.15, 0.2) is 12.3 Å². The molecule has 0 bridgehead atoms. The van der Waals surface area contributed by atoms with Gasteiger partial charge in [-0.2, -0.15) is 5.10 Å². The monoisotopic (exact) mass is 182 g/mol. The summed E-state index contributed by atoms with van der Waals surface area (Å²) in [6.07, 6.45) is 4.65. The highest BCUT2D eigenvalue weighted by Crippen LogP contribution is 2.32. The summed E-state index contributed by atoms with van der Waals surface area (Å²) in [5.41, 5.74) is 1.15.